The van der Waals surface area contributed by atoms with Crippen LogP contribution < -0.4 is 9.47 Å². The number of aromatic nitrogens is 2. The van der Waals surface area contributed by atoms with Crippen LogP contribution in [-0.4, -0.2) is 36.0 Å². The molecule has 0 N–H and O–H groups in total. The van der Waals surface area contributed by atoms with Gasteiger partial charge in [-0.25, -0.2) is 0 Å². The number of aldehydes is 1. The van der Waals surface area contributed by atoms with Crippen molar-refractivity contribution in [2.45, 2.75) is 37.8 Å². The van der Waals surface area contributed by atoms with Crippen LogP contribution in [0, 0.1) is 0 Å². The molecule has 0 fully saturated rings. The van der Waals surface area contributed by atoms with Crippen molar-refractivity contribution in [3.63, 3.8) is 0 Å². The zero-order valence-electron chi connectivity index (χ0n) is 14.0. The quantitative estimate of drug-likeness (QED) is 0.347. The van der Waals surface area contributed by atoms with Gasteiger partial charge in [0.2, 0.25) is 5.89 Å². The second kappa shape index (κ2) is 9.97. The van der Waals surface area contributed by atoms with E-state index in [4.69, 9.17) is 13.9 Å². The normalized spacial score (nSPS) is 10.6. The lowest BCUT2D eigenvalue weighted by atomic mass is 10.2. The highest BCUT2D eigenvalue weighted by atomic mass is 32.2. The third-order valence-corrected chi connectivity index (χ3v) is 4.21. The summed E-state index contributed by atoms with van der Waals surface area (Å²) in [4.78, 5) is 11.1. The van der Waals surface area contributed by atoms with E-state index in [0.29, 0.717) is 34.8 Å². The highest BCUT2D eigenvalue weighted by Crippen LogP contribution is 2.30. The fraction of sp³-hybridized carbons (Fsp3) is 0.471. The Balaban J connectivity index is 1.75. The average Bonchev–Trinajstić information content (AvgIpc) is 3.07. The summed E-state index contributed by atoms with van der Waals surface area (Å²) in [5.41, 5.74) is 0.486. The van der Waals surface area contributed by atoms with Crippen LogP contribution in [0.1, 0.15) is 42.4 Å². The van der Waals surface area contributed by atoms with E-state index >= 15 is 0 Å². The molecule has 1 heterocycles. The maximum atomic E-state index is 11.1. The number of thioether (sulfide) groups is 1. The van der Waals surface area contributed by atoms with Gasteiger partial charge >= 0.3 is 0 Å². The van der Waals surface area contributed by atoms with Crippen LogP contribution >= 0.6 is 11.8 Å². The topological polar surface area (TPSA) is 74.5 Å². The Kier molecular flexibility index (Phi) is 7.61. The minimum Gasteiger partial charge on any atom is -0.493 e. The van der Waals surface area contributed by atoms with Crippen LogP contribution in [0.25, 0.3) is 0 Å². The molecule has 0 bridgehead atoms. The first-order chi connectivity index (χ1) is 11.8. The molecule has 0 saturated heterocycles. The van der Waals surface area contributed by atoms with Crippen molar-refractivity contribution in [3.8, 4) is 11.5 Å². The number of aryl methyl sites for hydroxylation is 1. The lowest BCUT2D eigenvalue weighted by molar-refractivity contribution is 0.111. The molecule has 0 saturated carbocycles. The van der Waals surface area contributed by atoms with Crippen LogP contribution in [0.15, 0.2) is 27.8 Å². The lowest BCUT2D eigenvalue weighted by Gasteiger charge is -2.12. The molecule has 0 aliphatic carbocycles. The van der Waals surface area contributed by atoms with Crippen molar-refractivity contribution in [1.29, 1.82) is 0 Å². The molecule has 0 unspecified atom stereocenters. The van der Waals surface area contributed by atoms with Gasteiger partial charge in [0.25, 0.3) is 5.22 Å². The Morgan fingerprint density at radius 3 is 2.92 bits per heavy atom. The molecule has 1 aromatic heterocycles. The summed E-state index contributed by atoms with van der Waals surface area (Å²) in [5.74, 6) is 2.53. The minimum absolute atomic E-state index is 0.477. The fourth-order valence-electron chi connectivity index (χ4n) is 2.06. The molecule has 0 amide bonds. The molecular weight excluding hydrogens is 328 g/mol. The van der Waals surface area contributed by atoms with E-state index in [9.17, 15) is 4.79 Å². The van der Waals surface area contributed by atoms with Crippen LogP contribution in [0.3, 0.4) is 0 Å². The monoisotopic (exact) mass is 350 g/mol. The van der Waals surface area contributed by atoms with Gasteiger partial charge in [0, 0.05) is 12.2 Å². The summed E-state index contributed by atoms with van der Waals surface area (Å²) in [5, 5.41) is 8.63. The highest BCUT2D eigenvalue weighted by molar-refractivity contribution is 7.99. The number of rotatable bonds is 11. The maximum absolute atomic E-state index is 11.1. The number of unbranched alkanes of at least 4 members (excludes halogenated alkanes) is 1. The number of nitrogens with zero attached hydrogens (tertiary/aromatic N) is 2. The third-order valence-electron chi connectivity index (χ3n) is 3.31. The molecule has 2 rings (SSSR count). The lowest BCUT2D eigenvalue weighted by Crippen LogP contribution is -2.03. The summed E-state index contributed by atoms with van der Waals surface area (Å²) >= 11 is 1.51. The average molecular weight is 350 g/mol. The molecule has 0 aliphatic rings. The molecule has 7 heteroatoms. The molecule has 24 heavy (non-hydrogen) atoms. The molecule has 1 aromatic carbocycles. The van der Waals surface area contributed by atoms with Gasteiger partial charge in [0.1, 0.15) is 0 Å². The summed E-state index contributed by atoms with van der Waals surface area (Å²) in [6.07, 6.45) is 4.54. The molecule has 0 atom stereocenters. The predicted molar refractivity (Wildman–Crippen MR) is 92.1 cm³/mol. The van der Waals surface area contributed by atoms with Crippen LogP contribution in [-0.2, 0) is 6.42 Å². The van der Waals surface area contributed by atoms with Gasteiger partial charge in [-0.1, -0.05) is 31.2 Å². The summed E-state index contributed by atoms with van der Waals surface area (Å²) in [7, 11) is 1.55. The van der Waals surface area contributed by atoms with E-state index in [1.165, 1.54) is 11.8 Å². The Labute approximate surface area is 145 Å². The standard InChI is InChI=1S/C17H22N2O4S/c1-3-4-9-15-18-19-17(23-15)24-11-6-10-22-16-13(12-20)7-5-8-14(16)21-2/h5,7-8,12H,3-4,6,9-11H2,1-2H3. The number of carbonyl (C=O) groups excluding carboxylic acids is 1. The van der Waals surface area contributed by atoms with Gasteiger partial charge in [0.05, 0.1) is 19.3 Å². The Bertz CT molecular complexity index is 645. The van der Waals surface area contributed by atoms with Crippen molar-refractivity contribution < 1.29 is 18.7 Å². The zero-order chi connectivity index (χ0) is 17.2. The van der Waals surface area contributed by atoms with Crippen molar-refractivity contribution in [2.75, 3.05) is 19.5 Å². The number of para-hydroxylation sites is 1. The first-order valence-corrected chi connectivity index (χ1v) is 8.97. The van der Waals surface area contributed by atoms with Crippen molar-refractivity contribution in [2.24, 2.45) is 0 Å². The van der Waals surface area contributed by atoms with Gasteiger partial charge in [-0.05, 0) is 25.0 Å². The highest BCUT2D eigenvalue weighted by Gasteiger charge is 2.10. The van der Waals surface area contributed by atoms with Gasteiger partial charge in [-0.2, -0.15) is 0 Å². The van der Waals surface area contributed by atoms with Crippen molar-refractivity contribution in [1.82, 2.24) is 10.2 Å². The number of methoxy groups -OCH3 is 1. The fourth-order valence-corrected chi connectivity index (χ4v) is 2.75. The maximum Gasteiger partial charge on any atom is 0.276 e. The minimum atomic E-state index is 0.477. The molecular formula is C17H22N2O4S. The van der Waals surface area contributed by atoms with E-state index in [1.807, 2.05) is 0 Å². The van der Waals surface area contributed by atoms with Gasteiger partial charge in [0.15, 0.2) is 17.8 Å². The van der Waals surface area contributed by atoms with E-state index in [-0.39, 0.29) is 0 Å². The number of hydrogen-bond donors (Lipinski definition) is 0. The third kappa shape index (κ3) is 5.26. The summed E-state index contributed by atoms with van der Waals surface area (Å²) in [6.45, 7) is 2.61. The van der Waals surface area contributed by atoms with Crippen molar-refractivity contribution >= 4 is 18.0 Å². The number of carbonyl (C=O) groups is 1. The van der Waals surface area contributed by atoms with Crippen LogP contribution in [0.4, 0.5) is 0 Å². The van der Waals surface area contributed by atoms with Crippen molar-refractivity contribution in [3.05, 3.63) is 29.7 Å². The molecule has 0 spiro atoms. The molecule has 6 nitrogen and oxygen atoms in total. The van der Waals surface area contributed by atoms with Gasteiger partial charge in [-0.3, -0.25) is 4.79 Å². The van der Waals surface area contributed by atoms with E-state index in [1.54, 1.807) is 25.3 Å². The van der Waals surface area contributed by atoms with Gasteiger partial charge in [-0.15, -0.1) is 10.2 Å². The smallest absolute Gasteiger partial charge is 0.276 e. The molecule has 0 radical (unpaired) electrons. The molecule has 0 aliphatic heterocycles. The van der Waals surface area contributed by atoms with Crippen LogP contribution in [0.2, 0.25) is 0 Å². The number of benzene rings is 1. The summed E-state index contributed by atoms with van der Waals surface area (Å²) < 4.78 is 16.5. The number of ether oxygens (including phenoxy) is 2. The molecule has 2 aromatic rings. The first kappa shape index (κ1) is 18.3. The predicted octanol–water partition coefficient (Wildman–Crippen LogP) is 3.79. The Hall–Kier alpha value is -2.02. The van der Waals surface area contributed by atoms with E-state index < -0.39 is 0 Å². The van der Waals surface area contributed by atoms with Crippen LogP contribution in [0.5, 0.6) is 11.5 Å². The Morgan fingerprint density at radius 1 is 1.29 bits per heavy atom. The largest absolute Gasteiger partial charge is 0.493 e. The van der Waals surface area contributed by atoms with E-state index in [2.05, 4.69) is 17.1 Å². The zero-order valence-corrected chi connectivity index (χ0v) is 14.8. The first-order valence-electron chi connectivity index (χ1n) is 7.98. The molecule has 130 valence electrons. The van der Waals surface area contributed by atoms with Gasteiger partial charge < -0.3 is 13.9 Å². The second-order valence-corrected chi connectivity index (χ2v) is 6.16. The summed E-state index contributed by atoms with van der Waals surface area (Å²) in [6, 6.07) is 5.24. The number of hydrogen-bond acceptors (Lipinski definition) is 7. The van der Waals surface area contributed by atoms with E-state index in [0.717, 1.165) is 37.7 Å². The Morgan fingerprint density at radius 2 is 2.17 bits per heavy atom. The second-order valence-electron chi connectivity index (χ2n) is 5.11. The SMILES string of the molecule is CCCCc1nnc(SCCCOc2c(C=O)cccc2OC)o1.